The van der Waals surface area contributed by atoms with Crippen LogP contribution in [0.15, 0.2) is 24.3 Å². The number of alkyl carbamates (subject to hydrolysis) is 1. The summed E-state index contributed by atoms with van der Waals surface area (Å²) in [6, 6.07) is 2.75. The predicted octanol–water partition coefficient (Wildman–Crippen LogP) is 3.24. The van der Waals surface area contributed by atoms with Crippen molar-refractivity contribution in [2.24, 2.45) is 0 Å². The highest BCUT2D eigenvalue weighted by molar-refractivity contribution is 5.81. The zero-order valence-corrected chi connectivity index (χ0v) is 12.6. The van der Waals surface area contributed by atoms with E-state index in [0.29, 0.717) is 0 Å². The molecular formula is C14H16F3NO5. The fraction of sp³-hybridized carbons (Fsp3) is 0.429. The van der Waals surface area contributed by atoms with E-state index in [1.165, 1.54) is 12.1 Å². The molecule has 0 aliphatic carbocycles. The summed E-state index contributed by atoms with van der Waals surface area (Å²) in [5, 5.41) is 11.2. The Hall–Kier alpha value is -2.45. The van der Waals surface area contributed by atoms with Crippen LogP contribution in [0.5, 0.6) is 5.75 Å². The summed E-state index contributed by atoms with van der Waals surface area (Å²) in [6.07, 6.45) is -5.91. The average molecular weight is 335 g/mol. The number of ether oxygens (including phenoxy) is 2. The van der Waals surface area contributed by atoms with Gasteiger partial charge in [-0.05, 0) is 38.5 Å². The summed E-state index contributed by atoms with van der Waals surface area (Å²) < 4.78 is 45.2. The van der Waals surface area contributed by atoms with E-state index in [0.717, 1.165) is 12.1 Å². The second kappa shape index (κ2) is 6.76. The van der Waals surface area contributed by atoms with E-state index in [1.807, 2.05) is 0 Å². The van der Waals surface area contributed by atoms with Gasteiger partial charge in [0.15, 0.2) is 6.04 Å². The van der Waals surface area contributed by atoms with E-state index >= 15 is 0 Å². The van der Waals surface area contributed by atoms with Gasteiger partial charge in [0.1, 0.15) is 11.4 Å². The molecule has 0 fully saturated rings. The molecule has 0 heterocycles. The molecule has 1 aromatic rings. The zero-order valence-electron chi connectivity index (χ0n) is 12.6. The molecule has 1 aromatic carbocycles. The number of alkyl halides is 3. The minimum Gasteiger partial charge on any atom is -0.479 e. The van der Waals surface area contributed by atoms with Crippen molar-refractivity contribution >= 4 is 12.1 Å². The quantitative estimate of drug-likeness (QED) is 0.882. The fourth-order valence-corrected chi connectivity index (χ4v) is 1.60. The van der Waals surface area contributed by atoms with E-state index in [9.17, 15) is 22.8 Å². The van der Waals surface area contributed by atoms with Gasteiger partial charge in [-0.1, -0.05) is 12.1 Å². The van der Waals surface area contributed by atoms with Crippen molar-refractivity contribution in [1.82, 2.24) is 5.32 Å². The number of hydrogen-bond acceptors (Lipinski definition) is 4. The van der Waals surface area contributed by atoms with E-state index in [2.05, 4.69) is 10.1 Å². The lowest BCUT2D eigenvalue weighted by atomic mass is 10.1. The minimum atomic E-state index is -4.91. The predicted molar refractivity (Wildman–Crippen MR) is 72.9 cm³/mol. The Labute approximate surface area is 130 Å². The van der Waals surface area contributed by atoms with E-state index in [4.69, 9.17) is 9.84 Å². The highest BCUT2D eigenvalue weighted by atomic mass is 19.4. The minimum absolute atomic E-state index is 0.0925. The van der Waals surface area contributed by atoms with Crippen LogP contribution in [0.3, 0.4) is 0 Å². The highest BCUT2D eigenvalue weighted by Gasteiger charge is 2.32. The van der Waals surface area contributed by atoms with Crippen molar-refractivity contribution in [1.29, 1.82) is 0 Å². The number of nitrogens with one attached hydrogen (secondary N) is 1. The van der Waals surface area contributed by atoms with Crippen LogP contribution >= 0.6 is 0 Å². The molecule has 0 aliphatic rings. The van der Waals surface area contributed by atoms with Crippen LogP contribution in [0, 0.1) is 0 Å². The second-order valence-electron chi connectivity index (χ2n) is 5.54. The molecular weight excluding hydrogens is 319 g/mol. The molecule has 0 unspecified atom stereocenters. The van der Waals surface area contributed by atoms with Crippen molar-refractivity contribution in [3.63, 3.8) is 0 Å². The molecule has 2 N–H and O–H groups in total. The first-order valence-electron chi connectivity index (χ1n) is 6.45. The Morgan fingerprint density at radius 1 is 1.22 bits per heavy atom. The Morgan fingerprint density at radius 3 is 2.30 bits per heavy atom. The van der Waals surface area contributed by atoms with Crippen molar-refractivity contribution in [3.8, 4) is 5.75 Å². The number of halogens is 3. The molecule has 1 amide bonds. The second-order valence-corrected chi connectivity index (χ2v) is 5.54. The summed E-state index contributed by atoms with van der Waals surface area (Å²) in [7, 11) is 0. The van der Waals surface area contributed by atoms with Crippen molar-refractivity contribution in [2.75, 3.05) is 0 Å². The van der Waals surface area contributed by atoms with Gasteiger partial charge in [-0.2, -0.15) is 0 Å². The number of amides is 1. The van der Waals surface area contributed by atoms with Gasteiger partial charge in [0.2, 0.25) is 0 Å². The first kappa shape index (κ1) is 18.6. The zero-order chi connectivity index (χ0) is 17.8. The maximum Gasteiger partial charge on any atom is 0.573 e. The fourth-order valence-electron chi connectivity index (χ4n) is 1.60. The lowest BCUT2D eigenvalue weighted by Crippen LogP contribution is -2.38. The van der Waals surface area contributed by atoms with Gasteiger partial charge in [-0.25, -0.2) is 9.59 Å². The first-order valence-corrected chi connectivity index (χ1v) is 6.45. The molecule has 1 atom stereocenters. The van der Waals surface area contributed by atoms with Gasteiger partial charge in [0.05, 0.1) is 0 Å². The van der Waals surface area contributed by atoms with Crippen LogP contribution < -0.4 is 10.1 Å². The highest BCUT2D eigenvalue weighted by Crippen LogP contribution is 2.26. The Morgan fingerprint density at radius 2 is 1.83 bits per heavy atom. The molecule has 0 aromatic heterocycles. The summed E-state index contributed by atoms with van der Waals surface area (Å²) in [5.74, 6) is -2.05. The standard InChI is InChI=1S/C14H16F3NO5/c1-13(2,3)23-12(21)18-10(11(19)20)8-5-4-6-9(7-8)22-14(15,16)17/h4-7,10H,1-3H3,(H,18,21)(H,19,20)/t10-/m0/s1. The Bertz CT molecular complexity index is 581. The molecule has 0 spiro atoms. The Kier molecular flexibility index (Phi) is 5.46. The molecule has 128 valence electrons. The van der Waals surface area contributed by atoms with Crippen LogP contribution in [-0.2, 0) is 9.53 Å². The normalized spacial score (nSPS) is 13.1. The molecule has 0 aliphatic heterocycles. The maximum absolute atomic E-state index is 12.2. The number of carboxylic acids is 1. The topological polar surface area (TPSA) is 84.9 Å². The molecule has 0 saturated heterocycles. The van der Waals surface area contributed by atoms with E-state index in [1.54, 1.807) is 20.8 Å². The molecule has 1 rings (SSSR count). The molecule has 23 heavy (non-hydrogen) atoms. The number of aliphatic carboxylic acids is 1. The number of rotatable bonds is 4. The van der Waals surface area contributed by atoms with Crippen LogP contribution in [0.2, 0.25) is 0 Å². The van der Waals surface area contributed by atoms with Gasteiger partial charge < -0.3 is 19.9 Å². The molecule has 9 heteroatoms. The number of carbonyl (C=O) groups excluding carboxylic acids is 1. The maximum atomic E-state index is 12.2. The molecule has 0 saturated carbocycles. The van der Waals surface area contributed by atoms with Crippen LogP contribution in [0.1, 0.15) is 32.4 Å². The lowest BCUT2D eigenvalue weighted by molar-refractivity contribution is -0.274. The Balaban J connectivity index is 2.96. The van der Waals surface area contributed by atoms with E-state index in [-0.39, 0.29) is 5.56 Å². The molecule has 0 bridgehead atoms. The van der Waals surface area contributed by atoms with Gasteiger partial charge in [0.25, 0.3) is 0 Å². The third-order valence-corrected chi connectivity index (χ3v) is 2.33. The smallest absolute Gasteiger partial charge is 0.479 e. The van der Waals surface area contributed by atoms with Crippen LogP contribution in [0.4, 0.5) is 18.0 Å². The summed E-state index contributed by atoms with van der Waals surface area (Å²) >= 11 is 0. The number of benzene rings is 1. The van der Waals surface area contributed by atoms with Crippen molar-refractivity contribution in [2.45, 2.75) is 38.8 Å². The summed E-state index contributed by atoms with van der Waals surface area (Å²) in [4.78, 5) is 22.9. The summed E-state index contributed by atoms with van der Waals surface area (Å²) in [5.41, 5.74) is -0.945. The van der Waals surface area contributed by atoms with Crippen LogP contribution in [-0.4, -0.2) is 29.1 Å². The monoisotopic (exact) mass is 335 g/mol. The van der Waals surface area contributed by atoms with Crippen molar-refractivity contribution < 1.29 is 37.3 Å². The summed E-state index contributed by atoms with van der Waals surface area (Å²) in [6.45, 7) is 4.75. The molecule has 0 radical (unpaired) electrons. The van der Waals surface area contributed by atoms with E-state index < -0.39 is 35.8 Å². The number of carboxylic acid groups (broad SMARTS) is 1. The largest absolute Gasteiger partial charge is 0.573 e. The molecule has 6 nitrogen and oxygen atoms in total. The van der Waals surface area contributed by atoms with Crippen molar-refractivity contribution in [3.05, 3.63) is 29.8 Å². The third kappa shape index (κ3) is 6.90. The SMILES string of the molecule is CC(C)(C)OC(=O)N[C@H](C(=O)O)c1cccc(OC(F)(F)F)c1. The van der Waals surface area contributed by atoms with Gasteiger partial charge >= 0.3 is 18.4 Å². The average Bonchev–Trinajstić information content (AvgIpc) is 2.31. The first-order chi connectivity index (χ1) is 10.4. The lowest BCUT2D eigenvalue weighted by Gasteiger charge is -2.22. The number of hydrogen-bond donors (Lipinski definition) is 2. The van der Waals surface area contributed by atoms with Crippen LogP contribution in [0.25, 0.3) is 0 Å². The van der Waals surface area contributed by atoms with Gasteiger partial charge in [-0.15, -0.1) is 13.2 Å². The number of carbonyl (C=O) groups is 2. The van der Waals surface area contributed by atoms with Gasteiger partial charge in [0, 0.05) is 0 Å². The third-order valence-electron chi connectivity index (χ3n) is 2.33. The van der Waals surface area contributed by atoms with Gasteiger partial charge in [-0.3, -0.25) is 0 Å².